The van der Waals surface area contributed by atoms with Crippen LogP contribution >= 0.6 is 11.7 Å². The predicted molar refractivity (Wildman–Crippen MR) is 180 cm³/mol. The van der Waals surface area contributed by atoms with Crippen molar-refractivity contribution in [1.29, 1.82) is 0 Å². The molecule has 13 heteroatoms. The molecule has 3 heterocycles. The molecule has 2 aliphatic heterocycles. The molecule has 0 bridgehead atoms. The quantitative estimate of drug-likeness (QED) is 0.157. The predicted octanol–water partition coefficient (Wildman–Crippen LogP) is 5.39. The molecule has 12 nitrogen and oxygen atoms in total. The normalized spacial score (nSPS) is 16.4. The molecular weight excluding hydrogens is 652 g/mol. The number of methoxy groups -OCH3 is 4. The van der Waals surface area contributed by atoms with Crippen LogP contribution in [0.2, 0.25) is 0 Å². The molecule has 1 unspecified atom stereocenters. The van der Waals surface area contributed by atoms with Gasteiger partial charge in [0.1, 0.15) is 30.5 Å². The summed E-state index contributed by atoms with van der Waals surface area (Å²) < 4.78 is 46.4. The van der Waals surface area contributed by atoms with E-state index in [1.165, 1.54) is 7.11 Å². The summed E-state index contributed by atoms with van der Waals surface area (Å²) in [6.45, 7) is 0.824. The highest BCUT2D eigenvalue weighted by Gasteiger charge is 2.48. The first kappa shape index (κ1) is 33.2. The Kier molecular flexibility index (Phi) is 9.65. The maximum absolute atomic E-state index is 13.4. The maximum Gasteiger partial charge on any atom is 0.342 e. The molecule has 1 atom stereocenters. The van der Waals surface area contributed by atoms with Crippen molar-refractivity contribution >= 4 is 40.6 Å². The third-order valence-electron chi connectivity index (χ3n) is 8.00. The zero-order valence-corrected chi connectivity index (χ0v) is 27.9. The van der Waals surface area contributed by atoms with Gasteiger partial charge in [0.15, 0.2) is 34.5 Å². The fourth-order valence-electron chi connectivity index (χ4n) is 5.59. The third-order valence-corrected chi connectivity index (χ3v) is 8.56. The van der Waals surface area contributed by atoms with Gasteiger partial charge in [0.2, 0.25) is 0 Å². The first-order valence-corrected chi connectivity index (χ1v) is 15.7. The average molecular weight is 685 g/mol. The van der Waals surface area contributed by atoms with Gasteiger partial charge in [0, 0.05) is 23.1 Å². The zero-order valence-electron chi connectivity index (χ0n) is 27.1. The molecule has 0 spiro atoms. The first-order chi connectivity index (χ1) is 23.8. The van der Waals surface area contributed by atoms with Crippen LogP contribution in [0.5, 0.6) is 34.5 Å². The Hall–Kier alpha value is -5.66. The minimum atomic E-state index is -2.04. The smallest absolute Gasteiger partial charge is 0.342 e. The number of fused-ring (bicyclic) bond motifs is 2. The Balaban J connectivity index is 0.000000295. The van der Waals surface area contributed by atoms with Crippen molar-refractivity contribution in [3.63, 3.8) is 0 Å². The number of hydrogen-bond acceptors (Lipinski definition) is 13. The minimum Gasteiger partial charge on any atom is -0.493 e. The number of ether oxygens (including phenoxy) is 7. The van der Waals surface area contributed by atoms with Gasteiger partial charge in [0.25, 0.3) is 5.79 Å². The molecule has 0 amide bonds. The van der Waals surface area contributed by atoms with Gasteiger partial charge in [-0.1, -0.05) is 12.1 Å². The summed E-state index contributed by atoms with van der Waals surface area (Å²) in [4.78, 5) is 23.8. The Bertz CT molecular complexity index is 2060. The number of esters is 1. The molecule has 0 saturated heterocycles. The van der Waals surface area contributed by atoms with Crippen molar-refractivity contribution in [2.45, 2.75) is 12.2 Å². The Labute approximate surface area is 285 Å². The largest absolute Gasteiger partial charge is 0.493 e. The second-order valence-corrected chi connectivity index (χ2v) is 11.3. The number of benzene rings is 4. The van der Waals surface area contributed by atoms with E-state index in [9.17, 15) is 14.7 Å². The van der Waals surface area contributed by atoms with Crippen LogP contribution < -0.4 is 28.4 Å². The van der Waals surface area contributed by atoms with Gasteiger partial charge in [-0.3, -0.25) is 4.79 Å². The molecule has 4 aromatic carbocycles. The lowest BCUT2D eigenvalue weighted by molar-refractivity contribution is -0.185. The van der Waals surface area contributed by atoms with E-state index in [4.69, 9.17) is 33.2 Å². The van der Waals surface area contributed by atoms with Crippen molar-refractivity contribution in [2.24, 2.45) is 0 Å². The fraction of sp³-hybridized carbons (Fsp3) is 0.222. The number of carbonyl (C=O) groups is 2. The van der Waals surface area contributed by atoms with Crippen LogP contribution in [0.25, 0.3) is 16.6 Å². The summed E-state index contributed by atoms with van der Waals surface area (Å²) in [7, 11) is 6.20. The number of rotatable bonds is 9. The van der Waals surface area contributed by atoms with E-state index in [1.807, 2.05) is 12.1 Å². The SMILES string of the molecule is COc1ccc(C=O)cc1OC.COc1ccc(CC2=C(c3ccc4nsnc4c3)C(=O)OC2(O)c2ccc3c(c2)OCCO3)cc1OC. The highest BCUT2D eigenvalue weighted by molar-refractivity contribution is 7.00. The third kappa shape index (κ3) is 6.58. The number of carbonyl (C=O) groups excluding carboxylic acids is 2. The molecule has 1 N–H and O–H groups in total. The lowest BCUT2D eigenvalue weighted by Crippen LogP contribution is -2.30. The topological polar surface area (TPSA) is 145 Å². The molecule has 7 rings (SSSR count). The van der Waals surface area contributed by atoms with Gasteiger partial charge in [-0.15, -0.1) is 0 Å². The lowest BCUT2D eigenvalue weighted by Gasteiger charge is -2.27. The second-order valence-electron chi connectivity index (χ2n) is 10.8. The number of hydrogen-bond donors (Lipinski definition) is 1. The molecule has 252 valence electrons. The Morgan fingerprint density at radius 1 is 0.776 bits per heavy atom. The second kappa shape index (κ2) is 14.2. The summed E-state index contributed by atoms with van der Waals surface area (Å²) >= 11 is 1.09. The number of aliphatic hydroxyl groups is 1. The van der Waals surface area contributed by atoms with Crippen LogP contribution in [0.4, 0.5) is 0 Å². The molecular formula is C36H32N2O10S. The van der Waals surface area contributed by atoms with Gasteiger partial charge in [-0.25, -0.2) is 4.79 Å². The van der Waals surface area contributed by atoms with Gasteiger partial charge in [-0.2, -0.15) is 8.75 Å². The molecule has 49 heavy (non-hydrogen) atoms. The van der Waals surface area contributed by atoms with Crippen molar-refractivity contribution in [2.75, 3.05) is 41.7 Å². The van der Waals surface area contributed by atoms with Crippen LogP contribution in [-0.2, 0) is 21.7 Å². The first-order valence-electron chi connectivity index (χ1n) is 15.0. The summed E-state index contributed by atoms with van der Waals surface area (Å²) in [6, 6.07) is 20.8. The highest BCUT2D eigenvalue weighted by Crippen LogP contribution is 2.47. The van der Waals surface area contributed by atoms with Crippen LogP contribution in [0.1, 0.15) is 27.0 Å². The van der Waals surface area contributed by atoms with E-state index >= 15 is 0 Å². The van der Waals surface area contributed by atoms with Crippen molar-refractivity contribution in [3.05, 3.63) is 101 Å². The number of nitrogens with zero attached hydrogens (tertiary/aromatic N) is 2. The highest BCUT2D eigenvalue weighted by atomic mass is 32.1. The number of aromatic nitrogens is 2. The lowest BCUT2D eigenvalue weighted by atomic mass is 9.87. The van der Waals surface area contributed by atoms with Crippen LogP contribution in [-0.4, -0.2) is 67.8 Å². The number of cyclic esters (lactones) is 1. The van der Waals surface area contributed by atoms with E-state index in [0.717, 1.165) is 29.1 Å². The summed E-state index contributed by atoms with van der Waals surface area (Å²) in [6.07, 6.45) is 0.960. The van der Waals surface area contributed by atoms with Crippen LogP contribution in [0.15, 0.2) is 78.4 Å². The van der Waals surface area contributed by atoms with Crippen LogP contribution in [0, 0.1) is 0 Å². The van der Waals surface area contributed by atoms with E-state index in [1.54, 1.807) is 82.0 Å². The molecule has 0 fully saturated rings. The van der Waals surface area contributed by atoms with Crippen molar-refractivity contribution in [3.8, 4) is 34.5 Å². The average Bonchev–Trinajstić information content (AvgIpc) is 3.72. The van der Waals surface area contributed by atoms with Crippen molar-refractivity contribution < 1.29 is 47.9 Å². The minimum absolute atomic E-state index is 0.194. The van der Waals surface area contributed by atoms with Gasteiger partial charge < -0.3 is 38.3 Å². The van der Waals surface area contributed by atoms with E-state index in [2.05, 4.69) is 8.75 Å². The Morgan fingerprint density at radius 3 is 2.16 bits per heavy atom. The molecule has 1 aromatic heterocycles. The molecule has 0 saturated carbocycles. The maximum atomic E-state index is 13.4. The monoisotopic (exact) mass is 684 g/mol. The molecule has 0 aliphatic carbocycles. The number of aldehydes is 1. The van der Waals surface area contributed by atoms with Gasteiger partial charge in [0.05, 0.1) is 45.7 Å². The summed E-state index contributed by atoms with van der Waals surface area (Å²) in [5, 5.41) is 12.0. The van der Waals surface area contributed by atoms with Crippen molar-refractivity contribution in [1.82, 2.24) is 8.75 Å². The Morgan fingerprint density at radius 2 is 1.45 bits per heavy atom. The van der Waals surface area contributed by atoms with E-state index < -0.39 is 11.8 Å². The standard InChI is InChI=1S/C27H22N2O7S.C9H10O3/c1-32-21-7-3-15(12-23(21)33-2)11-18-25(16-4-6-19-20(13-16)29-37-28-19)26(30)36-27(18,31)17-5-8-22-24(14-17)35-10-9-34-22;1-11-8-4-3-7(6-10)5-9(8)12-2/h3-8,12-14,31H,9-11H2,1-2H3;3-6H,1-2H3. The summed E-state index contributed by atoms with van der Waals surface area (Å²) in [5.74, 6) is 0.663. The van der Waals surface area contributed by atoms with Gasteiger partial charge >= 0.3 is 5.97 Å². The molecule has 5 aromatic rings. The van der Waals surface area contributed by atoms with E-state index in [0.29, 0.717) is 75.5 Å². The molecule has 0 radical (unpaired) electrons. The van der Waals surface area contributed by atoms with E-state index in [-0.39, 0.29) is 12.0 Å². The van der Waals surface area contributed by atoms with Gasteiger partial charge in [-0.05, 0) is 71.8 Å². The van der Waals surface area contributed by atoms with Crippen LogP contribution in [0.3, 0.4) is 0 Å². The fourth-order valence-corrected chi connectivity index (χ4v) is 6.10. The summed E-state index contributed by atoms with van der Waals surface area (Å²) in [5.41, 5.74) is 4.32. The molecule has 2 aliphatic rings. The zero-order chi connectivity index (χ0) is 34.5.